The Morgan fingerprint density at radius 2 is 2.00 bits per heavy atom. The van der Waals surface area contributed by atoms with E-state index in [2.05, 4.69) is 15.2 Å². The molecule has 1 aliphatic rings. The zero-order valence-corrected chi connectivity index (χ0v) is 16.7. The van der Waals surface area contributed by atoms with E-state index in [1.165, 1.54) is 23.7 Å². The molecule has 28 heavy (non-hydrogen) atoms. The maximum absolute atomic E-state index is 13.0. The number of amides is 1. The lowest BCUT2D eigenvalue weighted by Crippen LogP contribution is -2.26. The van der Waals surface area contributed by atoms with Gasteiger partial charge in [-0.25, -0.2) is 14.9 Å². The molecule has 1 saturated heterocycles. The highest BCUT2D eigenvalue weighted by Crippen LogP contribution is 2.17. The van der Waals surface area contributed by atoms with Gasteiger partial charge < -0.3 is 5.32 Å². The molecule has 2 aromatic rings. The van der Waals surface area contributed by atoms with Crippen LogP contribution >= 0.6 is 24.8 Å². The minimum atomic E-state index is -0.584. The van der Waals surface area contributed by atoms with Crippen molar-refractivity contribution in [3.8, 4) is 0 Å². The van der Waals surface area contributed by atoms with Crippen LogP contribution < -0.4 is 10.8 Å². The smallest absolute Gasteiger partial charge is 0.267 e. The lowest BCUT2D eigenvalue weighted by molar-refractivity contribution is -0.124. The van der Waals surface area contributed by atoms with Crippen molar-refractivity contribution in [2.24, 2.45) is 0 Å². The molecule has 0 saturated carbocycles. The number of carbonyl (C=O) groups is 1. The third kappa shape index (κ3) is 7.09. The fraction of sp³-hybridized carbons (Fsp3) is 0.263. The van der Waals surface area contributed by atoms with Crippen LogP contribution in [0.2, 0.25) is 0 Å². The van der Waals surface area contributed by atoms with Crippen LogP contribution in [0.3, 0.4) is 0 Å². The molecule has 0 spiro atoms. The molecule has 2 heterocycles. The van der Waals surface area contributed by atoms with Crippen molar-refractivity contribution < 1.29 is 14.4 Å². The molecule has 1 atom stereocenters. The van der Waals surface area contributed by atoms with E-state index >= 15 is 0 Å². The van der Waals surface area contributed by atoms with Gasteiger partial charge in [-0.15, -0.1) is 24.8 Å². The van der Waals surface area contributed by atoms with Gasteiger partial charge in [0, 0.05) is 37.9 Å². The molecule has 1 aliphatic heterocycles. The van der Waals surface area contributed by atoms with Crippen LogP contribution in [0.5, 0.6) is 0 Å². The molecule has 1 amide bonds. The second-order valence-corrected chi connectivity index (χ2v) is 6.28. The standard InChI is InChI=1S/C19H21FN4O2.2ClH/c20-16-5-1-15(2-6-16)12-24-10-9-17(13-24)22-18-7-3-14(11-21-18)4-8-19(25)23-26;;/h1-8,11,17,26H,9-10,12-13H2,(H,21,22)(H,23,25);2*1H/t17-;;/m1../s1. The number of rotatable bonds is 6. The van der Waals surface area contributed by atoms with E-state index in [9.17, 15) is 9.18 Å². The Labute approximate surface area is 175 Å². The van der Waals surface area contributed by atoms with Crippen molar-refractivity contribution in [3.05, 3.63) is 65.6 Å². The average Bonchev–Trinajstić information content (AvgIpc) is 3.09. The monoisotopic (exact) mass is 428 g/mol. The fourth-order valence-electron chi connectivity index (χ4n) is 2.95. The maximum Gasteiger partial charge on any atom is 0.267 e. The number of nitrogens with zero attached hydrogens (tertiary/aromatic N) is 2. The third-order valence-electron chi connectivity index (χ3n) is 4.27. The predicted molar refractivity (Wildman–Crippen MR) is 111 cm³/mol. The van der Waals surface area contributed by atoms with Gasteiger partial charge in [0.15, 0.2) is 0 Å². The van der Waals surface area contributed by atoms with Gasteiger partial charge in [-0.3, -0.25) is 14.9 Å². The number of halogens is 3. The largest absolute Gasteiger partial charge is 0.366 e. The zero-order valence-electron chi connectivity index (χ0n) is 15.0. The molecular formula is C19H23Cl2FN4O2. The molecule has 1 fully saturated rings. The summed E-state index contributed by atoms with van der Waals surface area (Å²) in [7, 11) is 0. The number of benzene rings is 1. The van der Waals surface area contributed by atoms with Crippen LogP contribution in [0.15, 0.2) is 48.7 Å². The van der Waals surface area contributed by atoms with Gasteiger partial charge in [-0.2, -0.15) is 0 Å². The minimum Gasteiger partial charge on any atom is -0.366 e. The molecule has 0 aliphatic carbocycles. The fourth-order valence-corrected chi connectivity index (χ4v) is 2.95. The van der Waals surface area contributed by atoms with Crippen molar-refractivity contribution in [2.75, 3.05) is 18.4 Å². The molecular weight excluding hydrogens is 406 g/mol. The van der Waals surface area contributed by atoms with Crippen LogP contribution in [-0.2, 0) is 11.3 Å². The lowest BCUT2D eigenvalue weighted by Gasteiger charge is -2.17. The number of pyridine rings is 1. The first kappa shape index (κ1) is 23.8. The van der Waals surface area contributed by atoms with Gasteiger partial charge in [0.2, 0.25) is 0 Å². The quantitative estimate of drug-likeness (QED) is 0.373. The third-order valence-corrected chi connectivity index (χ3v) is 4.27. The van der Waals surface area contributed by atoms with Gasteiger partial charge in [0.05, 0.1) is 0 Å². The normalized spacial score (nSPS) is 16.3. The summed E-state index contributed by atoms with van der Waals surface area (Å²) < 4.78 is 13.0. The van der Waals surface area contributed by atoms with Crippen LogP contribution in [0.1, 0.15) is 17.5 Å². The first-order valence-electron chi connectivity index (χ1n) is 8.44. The van der Waals surface area contributed by atoms with Gasteiger partial charge in [0.25, 0.3) is 5.91 Å². The highest BCUT2D eigenvalue weighted by atomic mass is 35.5. The molecule has 1 aromatic carbocycles. The Bertz CT molecular complexity index is 773. The summed E-state index contributed by atoms with van der Waals surface area (Å²) in [6, 6.07) is 10.6. The van der Waals surface area contributed by atoms with E-state index < -0.39 is 5.91 Å². The minimum absolute atomic E-state index is 0. The molecule has 3 N–H and O–H groups in total. The number of nitrogens with one attached hydrogen (secondary N) is 2. The van der Waals surface area contributed by atoms with Crippen molar-refractivity contribution in [1.29, 1.82) is 0 Å². The lowest BCUT2D eigenvalue weighted by atomic mass is 10.2. The van der Waals surface area contributed by atoms with Crippen LogP contribution in [0.4, 0.5) is 10.2 Å². The van der Waals surface area contributed by atoms with Crippen LogP contribution in [0.25, 0.3) is 6.08 Å². The van der Waals surface area contributed by atoms with E-state index in [1.54, 1.807) is 12.3 Å². The summed E-state index contributed by atoms with van der Waals surface area (Å²) in [5.41, 5.74) is 3.41. The Balaban J connectivity index is 0.00000196. The van der Waals surface area contributed by atoms with Crippen LogP contribution in [-0.4, -0.2) is 40.1 Å². The molecule has 0 radical (unpaired) electrons. The number of hydrogen-bond donors (Lipinski definition) is 3. The molecule has 9 heteroatoms. The Morgan fingerprint density at radius 1 is 1.25 bits per heavy atom. The van der Waals surface area contributed by atoms with Gasteiger partial charge in [-0.1, -0.05) is 12.1 Å². The van der Waals surface area contributed by atoms with E-state index in [4.69, 9.17) is 5.21 Å². The molecule has 6 nitrogen and oxygen atoms in total. The van der Waals surface area contributed by atoms with Crippen molar-refractivity contribution in [1.82, 2.24) is 15.4 Å². The van der Waals surface area contributed by atoms with E-state index in [-0.39, 0.29) is 30.6 Å². The number of carbonyl (C=O) groups excluding carboxylic acids is 1. The van der Waals surface area contributed by atoms with Crippen molar-refractivity contribution >= 4 is 42.6 Å². The predicted octanol–water partition coefficient (Wildman–Crippen LogP) is 3.27. The van der Waals surface area contributed by atoms with E-state index in [0.29, 0.717) is 6.04 Å². The molecule has 0 bridgehead atoms. The van der Waals surface area contributed by atoms with E-state index in [1.807, 2.05) is 24.3 Å². The first-order valence-corrected chi connectivity index (χ1v) is 8.44. The van der Waals surface area contributed by atoms with Crippen molar-refractivity contribution in [2.45, 2.75) is 19.0 Å². The summed E-state index contributed by atoms with van der Waals surface area (Å²) >= 11 is 0. The van der Waals surface area contributed by atoms with Crippen molar-refractivity contribution in [3.63, 3.8) is 0 Å². The Kier molecular flexibility index (Phi) is 9.89. The Hall–Kier alpha value is -2.19. The number of aromatic nitrogens is 1. The second kappa shape index (κ2) is 11.6. The highest BCUT2D eigenvalue weighted by molar-refractivity contribution is 5.90. The molecule has 152 valence electrons. The second-order valence-electron chi connectivity index (χ2n) is 6.28. The van der Waals surface area contributed by atoms with Crippen LogP contribution in [0, 0.1) is 5.82 Å². The molecule has 3 rings (SSSR count). The zero-order chi connectivity index (χ0) is 18.4. The number of likely N-dealkylation sites (tertiary alicyclic amines) is 1. The molecule has 1 aromatic heterocycles. The summed E-state index contributed by atoms with van der Waals surface area (Å²) in [5.74, 6) is -0.0159. The molecule has 0 unspecified atom stereocenters. The highest BCUT2D eigenvalue weighted by Gasteiger charge is 2.22. The summed E-state index contributed by atoms with van der Waals surface area (Å²) in [6.45, 7) is 2.69. The first-order chi connectivity index (χ1) is 12.6. The number of anilines is 1. The van der Waals surface area contributed by atoms with E-state index in [0.717, 1.165) is 43.0 Å². The van der Waals surface area contributed by atoms with Gasteiger partial charge in [0.1, 0.15) is 11.6 Å². The summed E-state index contributed by atoms with van der Waals surface area (Å²) in [6.07, 6.45) is 5.48. The Morgan fingerprint density at radius 3 is 2.64 bits per heavy atom. The SMILES string of the molecule is Cl.Cl.O=C(C=Cc1ccc(N[C@@H]2CCN(Cc3ccc(F)cc3)C2)nc1)NO. The topological polar surface area (TPSA) is 77.5 Å². The number of hydrogen-bond acceptors (Lipinski definition) is 5. The average molecular weight is 429 g/mol. The summed E-state index contributed by atoms with van der Waals surface area (Å²) in [4.78, 5) is 17.6. The summed E-state index contributed by atoms with van der Waals surface area (Å²) in [5, 5.41) is 11.9. The number of hydroxylamine groups is 1. The van der Waals surface area contributed by atoms with Gasteiger partial charge >= 0.3 is 0 Å². The maximum atomic E-state index is 13.0. The van der Waals surface area contributed by atoms with Gasteiger partial charge in [-0.05, 0) is 47.9 Å².